The van der Waals surface area contributed by atoms with E-state index in [1.807, 2.05) is 0 Å². The molecule has 0 aliphatic carbocycles. The molecule has 1 nitrogen and oxygen atoms in total. The smallest absolute Gasteiger partial charge is 0.201 e. The summed E-state index contributed by atoms with van der Waals surface area (Å²) in [7, 11) is 2.16. The van der Waals surface area contributed by atoms with E-state index in [-0.39, 0.29) is 5.41 Å². The van der Waals surface area contributed by atoms with Crippen LogP contribution in [-0.4, -0.2) is 0 Å². The van der Waals surface area contributed by atoms with E-state index in [9.17, 15) is 0 Å². The summed E-state index contributed by atoms with van der Waals surface area (Å²) in [6, 6.07) is 15.7. The van der Waals surface area contributed by atoms with Crippen LogP contribution in [0.3, 0.4) is 0 Å². The summed E-state index contributed by atoms with van der Waals surface area (Å²) in [5, 5.41) is 0. The van der Waals surface area contributed by atoms with E-state index in [0.717, 1.165) is 6.42 Å². The molecule has 1 heterocycles. The molecule has 0 N–H and O–H groups in total. The van der Waals surface area contributed by atoms with Crippen molar-refractivity contribution in [2.24, 2.45) is 12.5 Å². The van der Waals surface area contributed by atoms with Crippen LogP contribution in [0.4, 0.5) is 0 Å². The SMILES string of the molecule is Cc1c[n+](C)c(-c2ccc(C)c(-c3ccccc3C)c2C)cc1CC(C)(C)C. The second-order valence-corrected chi connectivity index (χ2v) is 9.46. The van der Waals surface area contributed by atoms with Gasteiger partial charge in [0.1, 0.15) is 7.05 Å². The molecule has 2 aromatic carbocycles. The van der Waals surface area contributed by atoms with Gasteiger partial charge < -0.3 is 0 Å². The summed E-state index contributed by atoms with van der Waals surface area (Å²) in [5.74, 6) is 0. The van der Waals surface area contributed by atoms with E-state index in [1.54, 1.807) is 0 Å². The lowest BCUT2D eigenvalue weighted by Gasteiger charge is -2.20. The van der Waals surface area contributed by atoms with Gasteiger partial charge in [-0.15, -0.1) is 0 Å². The molecule has 0 atom stereocenters. The van der Waals surface area contributed by atoms with E-state index in [4.69, 9.17) is 0 Å². The zero-order chi connectivity index (χ0) is 20.6. The van der Waals surface area contributed by atoms with Crippen molar-refractivity contribution in [2.75, 3.05) is 0 Å². The average molecular weight is 373 g/mol. The molecule has 3 aromatic rings. The molecule has 0 bridgehead atoms. The van der Waals surface area contributed by atoms with Crippen LogP contribution in [0.2, 0.25) is 0 Å². The van der Waals surface area contributed by atoms with E-state index in [0.29, 0.717) is 0 Å². The largest absolute Gasteiger partial charge is 0.212 e. The minimum atomic E-state index is 0.274. The number of rotatable bonds is 3. The molecular formula is C27H34N+. The Hall–Kier alpha value is -2.41. The second-order valence-electron chi connectivity index (χ2n) is 9.46. The Kier molecular flexibility index (Phi) is 5.48. The van der Waals surface area contributed by atoms with E-state index >= 15 is 0 Å². The molecule has 0 amide bonds. The lowest BCUT2D eigenvalue weighted by molar-refractivity contribution is -0.660. The molecule has 0 radical (unpaired) electrons. The highest BCUT2D eigenvalue weighted by Crippen LogP contribution is 2.35. The van der Waals surface area contributed by atoms with Crippen molar-refractivity contribution in [2.45, 2.75) is 54.9 Å². The molecule has 0 aliphatic rings. The number of nitrogens with zero attached hydrogens (tertiary/aromatic N) is 1. The molecular weight excluding hydrogens is 338 g/mol. The molecule has 28 heavy (non-hydrogen) atoms. The zero-order valence-electron chi connectivity index (χ0n) is 18.8. The fourth-order valence-corrected chi connectivity index (χ4v) is 4.25. The Bertz CT molecular complexity index is 1020. The van der Waals surface area contributed by atoms with Gasteiger partial charge in [0, 0.05) is 17.2 Å². The number of aromatic nitrogens is 1. The lowest BCUT2D eigenvalue weighted by atomic mass is 9.85. The summed E-state index contributed by atoms with van der Waals surface area (Å²) < 4.78 is 2.28. The predicted octanol–water partition coefficient (Wildman–Crippen LogP) is 6.67. The highest BCUT2D eigenvalue weighted by atomic mass is 14.9. The van der Waals surface area contributed by atoms with Gasteiger partial charge in [0.2, 0.25) is 5.69 Å². The Morgan fingerprint density at radius 3 is 2.11 bits per heavy atom. The molecule has 0 fully saturated rings. The molecule has 3 rings (SSSR count). The van der Waals surface area contributed by atoms with Gasteiger partial charge in [-0.2, -0.15) is 0 Å². The van der Waals surface area contributed by atoms with Gasteiger partial charge >= 0.3 is 0 Å². The maximum atomic E-state index is 2.40. The number of pyridine rings is 1. The Labute approximate surface area is 171 Å². The second kappa shape index (κ2) is 7.54. The first kappa shape index (κ1) is 20.3. The van der Waals surface area contributed by atoms with Gasteiger partial charge in [0.05, 0.1) is 0 Å². The molecule has 0 aliphatic heterocycles. The van der Waals surface area contributed by atoms with Gasteiger partial charge in [0.25, 0.3) is 0 Å². The first-order valence-electron chi connectivity index (χ1n) is 10.2. The van der Waals surface area contributed by atoms with E-state index in [1.165, 1.54) is 50.2 Å². The van der Waals surface area contributed by atoms with Crippen LogP contribution in [0.25, 0.3) is 22.4 Å². The number of aryl methyl sites for hydroxylation is 4. The fraction of sp³-hybridized carbons (Fsp3) is 0.370. The monoisotopic (exact) mass is 372 g/mol. The van der Waals surface area contributed by atoms with Crippen LogP contribution < -0.4 is 4.57 Å². The number of benzene rings is 2. The molecule has 1 aromatic heterocycles. The summed E-state index contributed by atoms with van der Waals surface area (Å²) >= 11 is 0. The average Bonchev–Trinajstić information content (AvgIpc) is 2.59. The van der Waals surface area contributed by atoms with Crippen LogP contribution in [0.15, 0.2) is 48.7 Å². The quantitative estimate of drug-likeness (QED) is 0.452. The molecule has 0 unspecified atom stereocenters. The molecule has 146 valence electrons. The van der Waals surface area contributed by atoms with Gasteiger partial charge in [-0.1, -0.05) is 51.1 Å². The summed E-state index contributed by atoms with van der Waals surface area (Å²) in [5.41, 5.74) is 12.4. The fourth-order valence-electron chi connectivity index (χ4n) is 4.25. The maximum absolute atomic E-state index is 2.40. The Morgan fingerprint density at radius 2 is 1.46 bits per heavy atom. The molecule has 0 saturated heterocycles. The summed E-state index contributed by atoms with van der Waals surface area (Å²) in [4.78, 5) is 0. The number of hydrogen-bond donors (Lipinski definition) is 0. The standard InChI is InChI=1S/C27H34N/c1-18-11-9-10-12-23(18)26-19(2)13-14-24(21(26)4)25-15-22(16-27(5,6)7)20(3)17-28(25)8/h9-15,17H,16H2,1-8H3/q+1. The van der Waals surface area contributed by atoms with Crippen molar-refractivity contribution < 1.29 is 4.57 Å². The highest BCUT2D eigenvalue weighted by Gasteiger charge is 2.21. The molecule has 0 saturated carbocycles. The molecule has 0 spiro atoms. The van der Waals surface area contributed by atoms with E-state index < -0.39 is 0 Å². The minimum Gasteiger partial charge on any atom is -0.201 e. The first-order chi connectivity index (χ1) is 13.1. The third-order valence-corrected chi connectivity index (χ3v) is 5.67. The van der Waals surface area contributed by atoms with Crippen LogP contribution >= 0.6 is 0 Å². The zero-order valence-corrected chi connectivity index (χ0v) is 18.8. The van der Waals surface area contributed by atoms with Crippen molar-refractivity contribution in [1.29, 1.82) is 0 Å². The van der Waals surface area contributed by atoms with Crippen LogP contribution in [0.1, 0.15) is 48.6 Å². The molecule has 1 heteroatoms. The maximum Gasteiger partial charge on any atom is 0.212 e. The Morgan fingerprint density at radius 1 is 0.786 bits per heavy atom. The highest BCUT2D eigenvalue weighted by molar-refractivity contribution is 5.80. The van der Waals surface area contributed by atoms with Crippen molar-refractivity contribution in [3.63, 3.8) is 0 Å². The van der Waals surface area contributed by atoms with Gasteiger partial charge in [-0.3, -0.25) is 0 Å². The lowest BCUT2D eigenvalue weighted by Crippen LogP contribution is -2.32. The minimum absolute atomic E-state index is 0.274. The first-order valence-corrected chi connectivity index (χ1v) is 10.2. The van der Waals surface area contributed by atoms with Crippen LogP contribution in [0, 0.1) is 33.1 Å². The van der Waals surface area contributed by atoms with Crippen LogP contribution in [-0.2, 0) is 13.5 Å². The van der Waals surface area contributed by atoms with Crippen LogP contribution in [0.5, 0.6) is 0 Å². The van der Waals surface area contributed by atoms with Gasteiger partial charge in [-0.25, -0.2) is 4.57 Å². The normalized spacial score (nSPS) is 11.7. The van der Waals surface area contributed by atoms with Crippen molar-refractivity contribution >= 4 is 0 Å². The van der Waals surface area contributed by atoms with Gasteiger partial charge in [-0.05, 0) is 79.0 Å². The number of hydrogen-bond acceptors (Lipinski definition) is 0. The summed E-state index contributed by atoms with van der Waals surface area (Å²) in [6.07, 6.45) is 3.37. The topological polar surface area (TPSA) is 3.88 Å². The van der Waals surface area contributed by atoms with Crippen molar-refractivity contribution in [3.8, 4) is 22.4 Å². The third-order valence-electron chi connectivity index (χ3n) is 5.67. The van der Waals surface area contributed by atoms with Gasteiger partial charge in [0.15, 0.2) is 6.20 Å². The van der Waals surface area contributed by atoms with Crippen molar-refractivity contribution in [3.05, 3.63) is 76.5 Å². The predicted molar refractivity (Wildman–Crippen MR) is 121 cm³/mol. The Balaban J connectivity index is 2.22. The third kappa shape index (κ3) is 4.04. The summed E-state index contributed by atoms with van der Waals surface area (Å²) in [6.45, 7) is 15.9. The van der Waals surface area contributed by atoms with Crippen molar-refractivity contribution in [1.82, 2.24) is 0 Å². The van der Waals surface area contributed by atoms with E-state index in [2.05, 4.69) is 109 Å².